The first-order chi connectivity index (χ1) is 11.2. The maximum absolute atomic E-state index is 12.6. The SMILES string of the molecule is CC(CC(=O)N1CCCC(C(C)N)C1)c1ccc(C(F)(F)F)cc1.Cl. The molecule has 1 aliphatic heterocycles. The average molecular weight is 379 g/mol. The van der Waals surface area contributed by atoms with Crippen molar-refractivity contribution in [1.29, 1.82) is 0 Å². The molecule has 1 heterocycles. The van der Waals surface area contributed by atoms with Crippen LogP contribution < -0.4 is 5.73 Å². The molecule has 25 heavy (non-hydrogen) atoms. The first kappa shape index (κ1) is 21.8. The van der Waals surface area contributed by atoms with Crippen LogP contribution in [0.15, 0.2) is 24.3 Å². The van der Waals surface area contributed by atoms with Crippen LogP contribution in [0.1, 0.15) is 50.2 Å². The second-order valence-corrected chi connectivity index (χ2v) is 6.83. The Morgan fingerprint density at radius 2 is 1.88 bits per heavy atom. The molecule has 1 fully saturated rings. The number of hydrogen-bond acceptors (Lipinski definition) is 2. The Labute approximate surface area is 153 Å². The average Bonchev–Trinajstić information content (AvgIpc) is 2.54. The topological polar surface area (TPSA) is 46.3 Å². The molecule has 142 valence electrons. The number of carbonyl (C=O) groups is 1. The third-order valence-electron chi connectivity index (χ3n) is 4.84. The number of halogens is 4. The van der Waals surface area contributed by atoms with Crippen molar-refractivity contribution in [2.24, 2.45) is 11.7 Å². The van der Waals surface area contributed by atoms with E-state index in [1.807, 2.05) is 18.7 Å². The summed E-state index contributed by atoms with van der Waals surface area (Å²) in [5.41, 5.74) is 6.02. The molecule has 2 N–H and O–H groups in total. The molecule has 0 bridgehead atoms. The van der Waals surface area contributed by atoms with Crippen LogP contribution in [0.3, 0.4) is 0 Å². The number of hydrogen-bond donors (Lipinski definition) is 1. The van der Waals surface area contributed by atoms with Crippen molar-refractivity contribution in [3.8, 4) is 0 Å². The highest BCUT2D eigenvalue weighted by Crippen LogP contribution is 2.31. The Hall–Kier alpha value is -1.27. The van der Waals surface area contributed by atoms with Gasteiger partial charge in [0.15, 0.2) is 0 Å². The van der Waals surface area contributed by atoms with E-state index in [0.29, 0.717) is 18.9 Å². The Kier molecular flexibility index (Phi) is 7.75. The van der Waals surface area contributed by atoms with E-state index in [2.05, 4.69) is 0 Å². The van der Waals surface area contributed by atoms with Crippen molar-refractivity contribution in [2.75, 3.05) is 13.1 Å². The summed E-state index contributed by atoms with van der Waals surface area (Å²) in [7, 11) is 0. The van der Waals surface area contributed by atoms with Gasteiger partial charge in [0.25, 0.3) is 0 Å². The van der Waals surface area contributed by atoms with Gasteiger partial charge in [-0.25, -0.2) is 0 Å². The summed E-state index contributed by atoms with van der Waals surface area (Å²) in [6.07, 6.45) is -2.04. The number of piperidine rings is 1. The number of rotatable bonds is 4. The van der Waals surface area contributed by atoms with Gasteiger partial charge < -0.3 is 10.6 Å². The highest BCUT2D eigenvalue weighted by molar-refractivity contribution is 5.85. The van der Waals surface area contributed by atoms with Crippen LogP contribution in [0, 0.1) is 5.92 Å². The zero-order valence-electron chi connectivity index (χ0n) is 14.6. The quantitative estimate of drug-likeness (QED) is 0.853. The minimum Gasteiger partial charge on any atom is -0.342 e. The largest absolute Gasteiger partial charge is 0.416 e. The van der Waals surface area contributed by atoms with Gasteiger partial charge in [-0.3, -0.25) is 4.79 Å². The van der Waals surface area contributed by atoms with Crippen LogP contribution in [0.4, 0.5) is 13.2 Å². The smallest absolute Gasteiger partial charge is 0.342 e. The third-order valence-corrected chi connectivity index (χ3v) is 4.84. The van der Waals surface area contributed by atoms with Gasteiger partial charge in [0.2, 0.25) is 5.91 Å². The van der Waals surface area contributed by atoms with Gasteiger partial charge in [0, 0.05) is 25.6 Å². The Morgan fingerprint density at radius 1 is 1.28 bits per heavy atom. The summed E-state index contributed by atoms with van der Waals surface area (Å²) in [6, 6.07) is 5.13. The van der Waals surface area contributed by atoms with E-state index in [0.717, 1.165) is 37.1 Å². The first-order valence-electron chi connectivity index (χ1n) is 8.39. The Bertz CT molecular complexity index is 560. The van der Waals surface area contributed by atoms with Gasteiger partial charge in [-0.2, -0.15) is 13.2 Å². The number of carbonyl (C=O) groups excluding carboxylic acids is 1. The van der Waals surface area contributed by atoms with Crippen LogP contribution >= 0.6 is 12.4 Å². The zero-order valence-corrected chi connectivity index (χ0v) is 15.4. The fourth-order valence-electron chi connectivity index (χ4n) is 3.18. The number of alkyl halides is 3. The van der Waals surface area contributed by atoms with E-state index in [4.69, 9.17) is 5.73 Å². The van der Waals surface area contributed by atoms with Crippen molar-refractivity contribution >= 4 is 18.3 Å². The van der Waals surface area contributed by atoms with Gasteiger partial charge >= 0.3 is 6.18 Å². The molecular formula is C18H26ClF3N2O. The molecule has 1 aromatic carbocycles. The third kappa shape index (κ3) is 5.89. The standard InChI is InChI=1S/C18H25F3N2O.ClH/c1-12(14-5-7-16(8-6-14)18(19,20)21)10-17(24)23-9-3-4-15(11-23)13(2)22;/h5-8,12-13,15H,3-4,9-11,22H2,1-2H3;1H. The van der Waals surface area contributed by atoms with Gasteiger partial charge in [0.05, 0.1) is 5.56 Å². The molecule has 0 radical (unpaired) electrons. The fourth-order valence-corrected chi connectivity index (χ4v) is 3.18. The molecule has 7 heteroatoms. The molecule has 1 amide bonds. The first-order valence-corrected chi connectivity index (χ1v) is 8.39. The molecule has 0 aliphatic carbocycles. The number of benzene rings is 1. The van der Waals surface area contributed by atoms with E-state index in [9.17, 15) is 18.0 Å². The summed E-state index contributed by atoms with van der Waals surface area (Å²) < 4.78 is 37.8. The molecule has 3 nitrogen and oxygen atoms in total. The lowest BCUT2D eigenvalue weighted by Gasteiger charge is -2.35. The van der Waals surface area contributed by atoms with Gasteiger partial charge in [-0.1, -0.05) is 19.1 Å². The normalized spacial score (nSPS) is 20.6. The van der Waals surface area contributed by atoms with Crippen LogP contribution in [0.2, 0.25) is 0 Å². The number of amides is 1. The molecule has 0 saturated carbocycles. The maximum atomic E-state index is 12.6. The van der Waals surface area contributed by atoms with Crippen LogP contribution in [0.5, 0.6) is 0 Å². The Balaban J connectivity index is 0.00000312. The number of nitrogens with zero attached hydrogens (tertiary/aromatic N) is 1. The summed E-state index contributed by atoms with van der Waals surface area (Å²) in [5, 5.41) is 0. The van der Waals surface area contributed by atoms with Crippen molar-refractivity contribution in [1.82, 2.24) is 4.90 Å². The Morgan fingerprint density at radius 3 is 2.40 bits per heavy atom. The summed E-state index contributed by atoms with van der Waals surface area (Å²) in [5.74, 6) is 0.257. The maximum Gasteiger partial charge on any atom is 0.416 e. The minimum atomic E-state index is -4.33. The molecular weight excluding hydrogens is 353 g/mol. The molecule has 1 aliphatic rings. The number of nitrogens with two attached hydrogens (primary N) is 1. The number of likely N-dealkylation sites (tertiary alicyclic amines) is 1. The van der Waals surface area contributed by atoms with Crippen LogP contribution in [-0.2, 0) is 11.0 Å². The van der Waals surface area contributed by atoms with Crippen molar-refractivity contribution < 1.29 is 18.0 Å². The van der Waals surface area contributed by atoms with Crippen molar-refractivity contribution in [3.05, 3.63) is 35.4 Å². The summed E-state index contributed by atoms with van der Waals surface area (Å²) >= 11 is 0. The fraction of sp³-hybridized carbons (Fsp3) is 0.611. The summed E-state index contributed by atoms with van der Waals surface area (Å²) in [4.78, 5) is 14.3. The highest BCUT2D eigenvalue weighted by Gasteiger charge is 2.30. The predicted octanol–water partition coefficient (Wildman–Crippen LogP) is 4.21. The van der Waals surface area contributed by atoms with Crippen LogP contribution in [-0.4, -0.2) is 29.9 Å². The predicted molar refractivity (Wildman–Crippen MR) is 94.7 cm³/mol. The van der Waals surface area contributed by atoms with Gasteiger partial charge in [-0.15, -0.1) is 12.4 Å². The molecule has 2 rings (SSSR count). The van der Waals surface area contributed by atoms with E-state index >= 15 is 0 Å². The summed E-state index contributed by atoms with van der Waals surface area (Å²) in [6.45, 7) is 5.25. The second-order valence-electron chi connectivity index (χ2n) is 6.83. The lowest BCUT2D eigenvalue weighted by molar-refractivity contribution is -0.137. The molecule has 0 spiro atoms. The monoisotopic (exact) mass is 378 g/mol. The molecule has 0 aromatic heterocycles. The van der Waals surface area contributed by atoms with E-state index in [-0.39, 0.29) is 30.3 Å². The van der Waals surface area contributed by atoms with Gasteiger partial charge in [-0.05, 0) is 49.3 Å². The molecule has 3 unspecified atom stereocenters. The van der Waals surface area contributed by atoms with Crippen LogP contribution in [0.25, 0.3) is 0 Å². The van der Waals surface area contributed by atoms with Crippen molar-refractivity contribution in [2.45, 2.75) is 51.2 Å². The molecule has 3 atom stereocenters. The van der Waals surface area contributed by atoms with Crippen molar-refractivity contribution in [3.63, 3.8) is 0 Å². The molecule has 1 saturated heterocycles. The van der Waals surface area contributed by atoms with E-state index < -0.39 is 11.7 Å². The minimum absolute atomic E-state index is 0. The van der Waals surface area contributed by atoms with E-state index in [1.54, 1.807) is 0 Å². The lowest BCUT2D eigenvalue weighted by atomic mass is 9.91. The lowest BCUT2D eigenvalue weighted by Crippen LogP contribution is -2.45. The highest BCUT2D eigenvalue weighted by atomic mass is 35.5. The van der Waals surface area contributed by atoms with Gasteiger partial charge in [0.1, 0.15) is 0 Å². The van der Waals surface area contributed by atoms with E-state index in [1.165, 1.54) is 12.1 Å². The zero-order chi connectivity index (χ0) is 17.9. The second kappa shape index (κ2) is 8.90. The molecule has 1 aromatic rings.